The number of imidazole rings is 1. The molecule has 360 valence electrons. The van der Waals surface area contributed by atoms with Gasteiger partial charge in [0.25, 0.3) is 0 Å². The zero-order valence-electron chi connectivity index (χ0n) is 40.7. The Kier molecular flexibility index (Phi) is 43.2. The van der Waals surface area contributed by atoms with Gasteiger partial charge in [-0.2, -0.15) is 0 Å². The van der Waals surface area contributed by atoms with Crippen LogP contribution in [0.15, 0.2) is 43.0 Å². The lowest BCUT2D eigenvalue weighted by Gasteiger charge is -2.24. The molecule has 0 aliphatic carbocycles. The van der Waals surface area contributed by atoms with Crippen molar-refractivity contribution in [2.75, 3.05) is 26.3 Å². The van der Waals surface area contributed by atoms with Gasteiger partial charge in [-0.1, -0.05) is 147 Å². The average molecular weight is 870 g/mol. The number of aryl methyl sites for hydroxylation is 1. The van der Waals surface area contributed by atoms with Crippen molar-refractivity contribution < 1.29 is 24.2 Å². The van der Waals surface area contributed by atoms with E-state index in [1.165, 1.54) is 141 Å². The number of unbranched alkanes of at least 4 members (excludes halogenated alkanes) is 25. The van der Waals surface area contributed by atoms with Gasteiger partial charge < -0.3 is 24.5 Å². The smallest absolute Gasteiger partial charge is 0.305 e. The Balaban J connectivity index is 2.12. The third kappa shape index (κ3) is 40.3. The van der Waals surface area contributed by atoms with Crippen molar-refractivity contribution in [3.63, 3.8) is 0 Å². The average Bonchev–Trinajstić information content (AvgIpc) is 3.80. The normalized spacial score (nSPS) is 12.8. The highest BCUT2D eigenvalue weighted by Crippen LogP contribution is 2.19. The Bertz CT molecular complexity index is 1140. The van der Waals surface area contributed by atoms with Crippen molar-refractivity contribution in [2.24, 2.45) is 5.92 Å². The van der Waals surface area contributed by atoms with Gasteiger partial charge in [0.1, 0.15) is 0 Å². The molecule has 8 nitrogen and oxygen atoms in total. The predicted octanol–water partition coefficient (Wildman–Crippen LogP) is 14.7. The standard InChI is InChI=1S/C54H99N3O5/c1-3-5-7-9-11-13-15-17-19-21-23-25-27-29-33-41-53(59)61-47-36-31-32-40-52(58)51(49-55-43-38-45-57-46-44-56-50-57)39-35-37-48-62-54(60)42-34-30-28-26-24-22-20-18-16-14-12-10-8-6-4-2/h17-20,44,46,50-52,55,58H,3-16,21-43,45,47-49H2,1-2H3/b19-17-,20-18-. The number of nitrogens with one attached hydrogen (secondary N) is 1. The fourth-order valence-corrected chi connectivity index (χ4v) is 8.10. The summed E-state index contributed by atoms with van der Waals surface area (Å²) in [6.45, 7) is 8.05. The number of hydrogen-bond donors (Lipinski definition) is 2. The summed E-state index contributed by atoms with van der Waals surface area (Å²) >= 11 is 0. The van der Waals surface area contributed by atoms with Crippen LogP contribution >= 0.6 is 0 Å². The number of aliphatic hydroxyl groups excluding tert-OH is 1. The van der Waals surface area contributed by atoms with Gasteiger partial charge in [-0.05, 0) is 122 Å². The first-order chi connectivity index (χ1) is 30.6. The van der Waals surface area contributed by atoms with Crippen molar-refractivity contribution in [3.8, 4) is 0 Å². The Morgan fingerprint density at radius 1 is 0.565 bits per heavy atom. The minimum Gasteiger partial charge on any atom is -0.466 e. The van der Waals surface area contributed by atoms with Crippen LogP contribution in [-0.2, 0) is 25.6 Å². The van der Waals surface area contributed by atoms with Crippen LogP contribution in [0.3, 0.4) is 0 Å². The number of rotatable bonds is 48. The van der Waals surface area contributed by atoms with Crippen LogP contribution in [0.25, 0.3) is 0 Å². The molecule has 0 amide bonds. The van der Waals surface area contributed by atoms with Crippen LogP contribution in [-0.4, -0.2) is 59.0 Å². The van der Waals surface area contributed by atoms with Crippen LogP contribution < -0.4 is 5.32 Å². The summed E-state index contributed by atoms with van der Waals surface area (Å²) in [5.41, 5.74) is 0. The molecule has 0 aromatic carbocycles. The fraction of sp³-hybridized carbons (Fsp3) is 0.833. The molecule has 2 atom stereocenters. The Labute approximate surface area is 382 Å². The maximum Gasteiger partial charge on any atom is 0.305 e. The highest BCUT2D eigenvalue weighted by atomic mass is 16.5. The lowest BCUT2D eigenvalue weighted by atomic mass is 9.92. The number of aliphatic hydroxyl groups is 1. The molecular weight excluding hydrogens is 771 g/mol. The van der Waals surface area contributed by atoms with E-state index in [9.17, 15) is 14.7 Å². The van der Waals surface area contributed by atoms with Crippen LogP contribution in [0.5, 0.6) is 0 Å². The van der Waals surface area contributed by atoms with Crippen LogP contribution in [0, 0.1) is 5.92 Å². The summed E-state index contributed by atoms with van der Waals surface area (Å²) in [6.07, 6.45) is 55.3. The van der Waals surface area contributed by atoms with E-state index in [1.54, 1.807) is 6.20 Å². The predicted molar refractivity (Wildman–Crippen MR) is 262 cm³/mol. The van der Waals surface area contributed by atoms with Crippen LogP contribution in [0.1, 0.15) is 245 Å². The van der Waals surface area contributed by atoms with Gasteiger partial charge >= 0.3 is 11.9 Å². The molecule has 1 aromatic heterocycles. The number of hydrogen-bond acceptors (Lipinski definition) is 7. The number of carbonyl (C=O) groups is 2. The van der Waals surface area contributed by atoms with Gasteiger partial charge in [0.2, 0.25) is 0 Å². The number of ether oxygens (including phenoxy) is 2. The molecule has 62 heavy (non-hydrogen) atoms. The molecule has 0 radical (unpaired) electrons. The third-order valence-electron chi connectivity index (χ3n) is 12.2. The summed E-state index contributed by atoms with van der Waals surface area (Å²) in [6, 6.07) is 0. The van der Waals surface area contributed by atoms with Gasteiger partial charge in [-0.15, -0.1) is 0 Å². The Morgan fingerprint density at radius 3 is 1.48 bits per heavy atom. The first-order valence-corrected chi connectivity index (χ1v) is 26.5. The maximum atomic E-state index is 12.3. The number of allylic oxidation sites excluding steroid dienone is 4. The zero-order chi connectivity index (χ0) is 44.7. The molecular formula is C54H99N3O5. The summed E-state index contributed by atoms with van der Waals surface area (Å²) in [5.74, 6) is 0.00190. The summed E-state index contributed by atoms with van der Waals surface area (Å²) in [5, 5.41) is 14.8. The molecule has 0 bridgehead atoms. The molecule has 0 aliphatic heterocycles. The topological polar surface area (TPSA) is 103 Å². The minimum absolute atomic E-state index is 0.0735. The molecule has 1 rings (SSSR count). The second-order valence-electron chi connectivity index (χ2n) is 18.1. The third-order valence-corrected chi connectivity index (χ3v) is 12.2. The molecule has 2 unspecified atom stereocenters. The molecule has 0 saturated carbocycles. The molecule has 0 spiro atoms. The second-order valence-corrected chi connectivity index (χ2v) is 18.1. The van der Waals surface area contributed by atoms with Crippen molar-refractivity contribution in [3.05, 3.63) is 43.0 Å². The Hall–Kier alpha value is -2.45. The summed E-state index contributed by atoms with van der Waals surface area (Å²) < 4.78 is 13.2. The molecule has 0 aliphatic rings. The molecule has 2 N–H and O–H groups in total. The highest BCUT2D eigenvalue weighted by Gasteiger charge is 2.19. The molecule has 0 fully saturated rings. The molecule has 1 heterocycles. The van der Waals surface area contributed by atoms with E-state index in [0.29, 0.717) is 26.1 Å². The van der Waals surface area contributed by atoms with Crippen molar-refractivity contribution >= 4 is 11.9 Å². The van der Waals surface area contributed by atoms with Crippen molar-refractivity contribution in [1.82, 2.24) is 14.9 Å². The largest absolute Gasteiger partial charge is 0.466 e. The van der Waals surface area contributed by atoms with Gasteiger partial charge in [-0.3, -0.25) is 9.59 Å². The quantitative estimate of drug-likeness (QED) is 0.0382. The van der Waals surface area contributed by atoms with Gasteiger partial charge in [0.05, 0.1) is 25.6 Å². The highest BCUT2D eigenvalue weighted by molar-refractivity contribution is 5.69. The van der Waals surface area contributed by atoms with Gasteiger partial charge in [-0.25, -0.2) is 4.98 Å². The van der Waals surface area contributed by atoms with Crippen LogP contribution in [0.2, 0.25) is 0 Å². The second kappa shape index (κ2) is 46.5. The first-order valence-electron chi connectivity index (χ1n) is 26.5. The van der Waals surface area contributed by atoms with E-state index in [0.717, 1.165) is 96.7 Å². The fourth-order valence-electron chi connectivity index (χ4n) is 8.10. The van der Waals surface area contributed by atoms with Gasteiger partial charge in [0, 0.05) is 38.3 Å². The number of esters is 2. The van der Waals surface area contributed by atoms with Crippen molar-refractivity contribution in [2.45, 2.75) is 258 Å². The Morgan fingerprint density at radius 2 is 1.00 bits per heavy atom. The monoisotopic (exact) mass is 870 g/mol. The maximum absolute atomic E-state index is 12.3. The SMILES string of the molecule is CCCCCCCC/C=C\CCCCCCCC(=O)OCCCCCC(O)C(CCCCOC(=O)CCCCCCC/C=C\CCCCCCCC)CNCCCn1ccnc1. The van der Waals surface area contributed by atoms with Gasteiger partial charge in [0.15, 0.2) is 0 Å². The van der Waals surface area contributed by atoms with E-state index in [-0.39, 0.29) is 24.0 Å². The van der Waals surface area contributed by atoms with E-state index in [4.69, 9.17) is 9.47 Å². The number of carbonyl (C=O) groups excluding carboxylic acids is 2. The molecule has 0 saturated heterocycles. The lowest BCUT2D eigenvalue weighted by molar-refractivity contribution is -0.144. The first kappa shape index (κ1) is 57.6. The van der Waals surface area contributed by atoms with E-state index in [2.05, 4.69) is 53.0 Å². The van der Waals surface area contributed by atoms with E-state index in [1.807, 2.05) is 12.5 Å². The van der Waals surface area contributed by atoms with E-state index < -0.39 is 0 Å². The van der Waals surface area contributed by atoms with E-state index >= 15 is 0 Å². The van der Waals surface area contributed by atoms with Crippen molar-refractivity contribution in [1.29, 1.82) is 0 Å². The summed E-state index contributed by atoms with van der Waals surface area (Å²) in [4.78, 5) is 28.7. The lowest BCUT2D eigenvalue weighted by Crippen LogP contribution is -2.32. The minimum atomic E-state index is -0.386. The summed E-state index contributed by atoms with van der Waals surface area (Å²) in [7, 11) is 0. The molecule has 1 aromatic rings. The van der Waals surface area contributed by atoms with Crippen LogP contribution in [0.4, 0.5) is 0 Å². The molecule has 8 heteroatoms. The zero-order valence-corrected chi connectivity index (χ0v) is 40.7. The number of nitrogens with zero attached hydrogens (tertiary/aromatic N) is 2. The number of aromatic nitrogens is 2.